The predicted octanol–water partition coefficient (Wildman–Crippen LogP) is 2.45. The first-order valence-electron chi connectivity index (χ1n) is 7.95. The molecule has 2 unspecified atom stereocenters. The number of anilines is 1. The number of rotatable bonds is 5. The molecule has 0 spiro atoms. The molecule has 1 saturated carbocycles. The number of aromatic nitrogens is 2. The molecule has 1 aromatic rings. The van der Waals surface area contributed by atoms with Crippen LogP contribution >= 0.6 is 0 Å². The number of nitrogens with one attached hydrogen (secondary N) is 1. The number of hydrogen-bond acceptors (Lipinski definition) is 5. The Morgan fingerprint density at radius 1 is 1.24 bits per heavy atom. The third-order valence-corrected chi connectivity index (χ3v) is 4.50. The minimum Gasteiger partial charge on any atom is -0.376 e. The Bertz CT molecular complexity index is 562. The van der Waals surface area contributed by atoms with Crippen molar-refractivity contribution in [1.29, 1.82) is 5.26 Å². The van der Waals surface area contributed by atoms with Gasteiger partial charge in [-0.05, 0) is 43.6 Å². The van der Waals surface area contributed by atoms with Gasteiger partial charge in [0.1, 0.15) is 11.6 Å². The molecule has 3 rings (SSSR count). The summed E-state index contributed by atoms with van der Waals surface area (Å²) in [5.41, 5.74) is 2.62. The van der Waals surface area contributed by atoms with Crippen molar-refractivity contribution in [3.63, 3.8) is 0 Å². The van der Waals surface area contributed by atoms with Gasteiger partial charge in [0.2, 0.25) is 0 Å². The summed E-state index contributed by atoms with van der Waals surface area (Å²) < 4.78 is 5.84. The molecule has 5 heteroatoms. The molecule has 0 amide bonds. The molecule has 1 saturated heterocycles. The summed E-state index contributed by atoms with van der Waals surface area (Å²) >= 11 is 0. The molecule has 21 heavy (non-hydrogen) atoms. The zero-order valence-electron chi connectivity index (χ0n) is 12.7. The van der Waals surface area contributed by atoms with Gasteiger partial charge in [0, 0.05) is 6.61 Å². The van der Waals surface area contributed by atoms with E-state index in [9.17, 15) is 5.26 Å². The first kappa shape index (κ1) is 14.3. The molecule has 0 aromatic carbocycles. The van der Waals surface area contributed by atoms with Gasteiger partial charge in [-0.1, -0.05) is 13.8 Å². The van der Waals surface area contributed by atoms with Gasteiger partial charge in [-0.25, -0.2) is 0 Å². The lowest BCUT2D eigenvalue weighted by molar-refractivity contribution is 0.0898. The average Bonchev–Trinajstić information content (AvgIpc) is 3.26. The van der Waals surface area contributed by atoms with Gasteiger partial charge < -0.3 is 10.1 Å². The van der Waals surface area contributed by atoms with Crippen LogP contribution in [0.2, 0.25) is 0 Å². The predicted molar refractivity (Wildman–Crippen MR) is 80.0 cm³/mol. The summed E-state index contributed by atoms with van der Waals surface area (Å²) in [5.74, 6) is 1.32. The Kier molecular flexibility index (Phi) is 4.07. The van der Waals surface area contributed by atoms with Gasteiger partial charge in [0.15, 0.2) is 5.82 Å². The van der Waals surface area contributed by atoms with Crippen molar-refractivity contribution in [3.05, 3.63) is 16.8 Å². The highest BCUT2D eigenvalue weighted by Gasteiger charge is 2.41. The van der Waals surface area contributed by atoms with Crippen LogP contribution in [0.25, 0.3) is 0 Å². The maximum atomic E-state index is 9.52. The SMILES string of the molecule is CCc1nnc(NC2CCOC2C2CC2)c(C#N)c1CC. The Balaban J connectivity index is 1.86. The van der Waals surface area contributed by atoms with Gasteiger partial charge in [-0.3, -0.25) is 0 Å². The molecule has 2 aliphatic rings. The molecule has 112 valence electrons. The third-order valence-electron chi connectivity index (χ3n) is 4.50. The molecule has 1 N–H and O–H groups in total. The van der Waals surface area contributed by atoms with Gasteiger partial charge in [0.25, 0.3) is 0 Å². The lowest BCUT2D eigenvalue weighted by atomic mass is 10.0. The molecule has 0 radical (unpaired) electrons. The summed E-state index contributed by atoms with van der Waals surface area (Å²) in [7, 11) is 0. The Morgan fingerprint density at radius 3 is 2.67 bits per heavy atom. The monoisotopic (exact) mass is 286 g/mol. The van der Waals surface area contributed by atoms with Gasteiger partial charge in [0.05, 0.1) is 17.8 Å². The molecule has 2 atom stereocenters. The number of aryl methyl sites for hydroxylation is 1. The van der Waals surface area contributed by atoms with E-state index in [0.29, 0.717) is 17.3 Å². The second-order valence-corrected chi connectivity index (χ2v) is 5.88. The van der Waals surface area contributed by atoms with Crippen LogP contribution in [-0.4, -0.2) is 29.0 Å². The summed E-state index contributed by atoms with van der Waals surface area (Å²) in [6.45, 7) is 4.90. The highest BCUT2D eigenvalue weighted by Crippen LogP contribution is 2.39. The van der Waals surface area contributed by atoms with Crippen LogP contribution in [0.3, 0.4) is 0 Å². The number of nitrogens with zero attached hydrogens (tertiary/aromatic N) is 3. The van der Waals surface area contributed by atoms with Crippen LogP contribution < -0.4 is 5.32 Å². The fourth-order valence-electron chi connectivity index (χ4n) is 3.23. The van der Waals surface area contributed by atoms with E-state index in [0.717, 1.165) is 37.1 Å². The highest BCUT2D eigenvalue weighted by molar-refractivity contribution is 5.57. The van der Waals surface area contributed by atoms with Crippen LogP contribution in [0.4, 0.5) is 5.82 Å². The Hall–Kier alpha value is -1.67. The second-order valence-electron chi connectivity index (χ2n) is 5.88. The van der Waals surface area contributed by atoms with Gasteiger partial charge >= 0.3 is 0 Å². The van der Waals surface area contributed by atoms with E-state index in [4.69, 9.17) is 4.74 Å². The maximum absolute atomic E-state index is 9.52. The largest absolute Gasteiger partial charge is 0.376 e. The van der Waals surface area contributed by atoms with Crippen molar-refractivity contribution in [1.82, 2.24) is 10.2 Å². The normalized spacial score (nSPS) is 24.8. The zero-order valence-corrected chi connectivity index (χ0v) is 12.7. The average molecular weight is 286 g/mol. The van der Waals surface area contributed by atoms with Crippen LogP contribution in [0.5, 0.6) is 0 Å². The fraction of sp³-hybridized carbons (Fsp3) is 0.688. The molecule has 2 heterocycles. The molecule has 0 bridgehead atoms. The van der Waals surface area contributed by atoms with E-state index >= 15 is 0 Å². The lowest BCUT2D eigenvalue weighted by Crippen LogP contribution is -2.32. The summed E-state index contributed by atoms with van der Waals surface area (Å²) in [5, 5.41) is 21.5. The van der Waals surface area contributed by atoms with E-state index in [-0.39, 0.29) is 12.1 Å². The van der Waals surface area contributed by atoms with E-state index in [1.807, 2.05) is 6.92 Å². The van der Waals surface area contributed by atoms with Gasteiger partial charge in [-0.2, -0.15) is 10.4 Å². The van der Waals surface area contributed by atoms with Crippen molar-refractivity contribution in [2.75, 3.05) is 11.9 Å². The van der Waals surface area contributed by atoms with E-state index in [2.05, 4.69) is 28.5 Å². The summed E-state index contributed by atoms with van der Waals surface area (Å²) in [6.07, 6.45) is 5.38. The van der Waals surface area contributed by atoms with Crippen molar-refractivity contribution in [2.24, 2.45) is 5.92 Å². The molecule has 1 aliphatic heterocycles. The van der Waals surface area contributed by atoms with E-state index in [1.165, 1.54) is 12.8 Å². The van der Waals surface area contributed by atoms with E-state index < -0.39 is 0 Å². The highest BCUT2D eigenvalue weighted by atomic mass is 16.5. The summed E-state index contributed by atoms with van der Waals surface area (Å²) in [4.78, 5) is 0. The molecular weight excluding hydrogens is 264 g/mol. The molecule has 1 aliphatic carbocycles. The Labute approximate surface area is 125 Å². The third kappa shape index (κ3) is 2.73. The minimum atomic E-state index is 0.260. The number of nitriles is 1. The quantitative estimate of drug-likeness (QED) is 0.900. The first-order chi connectivity index (χ1) is 10.3. The smallest absolute Gasteiger partial charge is 0.167 e. The zero-order chi connectivity index (χ0) is 14.8. The standard InChI is InChI=1S/C16H22N4O/c1-3-11-12(9-17)16(20-19-13(11)4-2)18-14-7-8-21-15(14)10-5-6-10/h10,14-15H,3-8H2,1-2H3,(H,18,20). The van der Waals surface area contributed by atoms with Crippen molar-refractivity contribution < 1.29 is 4.74 Å². The van der Waals surface area contributed by atoms with Crippen LogP contribution in [0.1, 0.15) is 49.9 Å². The molecule has 5 nitrogen and oxygen atoms in total. The van der Waals surface area contributed by atoms with Gasteiger partial charge in [-0.15, -0.1) is 5.10 Å². The van der Waals surface area contributed by atoms with Crippen molar-refractivity contribution in [2.45, 2.75) is 58.1 Å². The van der Waals surface area contributed by atoms with Crippen LogP contribution in [0, 0.1) is 17.2 Å². The van der Waals surface area contributed by atoms with Crippen molar-refractivity contribution >= 4 is 5.82 Å². The Morgan fingerprint density at radius 2 is 2.05 bits per heavy atom. The number of hydrogen-bond donors (Lipinski definition) is 1. The van der Waals surface area contributed by atoms with E-state index in [1.54, 1.807) is 0 Å². The maximum Gasteiger partial charge on any atom is 0.167 e. The second kappa shape index (κ2) is 5.98. The molecule has 1 aromatic heterocycles. The first-order valence-corrected chi connectivity index (χ1v) is 7.95. The summed E-state index contributed by atoms with van der Waals surface area (Å²) in [6, 6.07) is 2.58. The molecule has 2 fully saturated rings. The topological polar surface area (TPSA) is 70.8 Å². The fourth-order valence-corrected chi connectivity index (χ4v) is 3.23. The minimum absolute atomic E-state index is 0.260. The van der Waals surface area contributed by atoms with Crippen LogP contribution in [-0.2, 0) is 17.6 Å². The lowest BCUT2D eigenvalue weighted by Gasteiger charge is -2.21. The van der Waals surface area contributed by atoms with Crippen LogP contribution in [0.15, 0.2) is 0 Å². The number of ether oxygens (including phenoxy) is 1. The van der Waals surface area contributed by atoms with Crippen molar-refractivity contribution in [3.8, 4) is 6.07 Å². The molecular formula is C16H22N4O.